The Morgan fingerprint density at radius 2 is 1.83 bits per heavy atom. The van der Waals surface area contributed by atoms with Crippen molar-refractivity contribution in [2.24, 2.45) is 0 Å². The van der Waals surface area contributed by atoms with Crippen LogP contribution in [-0.4, -0.2) is 53.4 Å². The van der Waals surface area contributed by atoms with E-state index in [1.54, 1.807) is 6.26 Å². The zero-order valence-corrected chi connectivity index (χ0v) is 21.3. The molecule has 0 bridgehead atoms. The van der Waals surface area contributed by atoms with Crippen molar-refractivity contribution < 1.29 is 14.1 Å². The molecule has 1 aliphatic heterocycles. The molecule has 4 aromatic rings. The van der Waals surface area contributed by atoms with Gasteiger partial charge in [0.1, 0.15) is 30.0 Å². The smallest absolute Gasteiger partial charge is 0.277 e. The second kappa shape index (κ2) is 9.28. The number of nitrogens with one attached hydrogen (secondary N) is 1. The van der Waals surface area contributed by atoms with Gasteiger partial charge in [-0.05, 0) is 32.3 Å². The van der Waals surface area contributed by atoms with Gasteiger partial charge in [-0.1, -0.05) is 56.3 Å². The highest BCUT2D eigenvalue weighted by Crippen LogP contribution is 2.47. The van der Waals surface area contributed by atoms with Gasteiger partial charge in [0.2, 0.25) is 0 Å². The molecule has 1 amide bonds. The molecule has 186 valence electrons. The summed E-state index contributed by atoms with van der Waals surface area (Å²) in [5.74, 6) is 0.644. The molecule has 1 aliphatic rings. The van der Waals surface area contributed by atoms with Gasteiger partial charge in [-0.25, -0.2) is 0 Å². The lowest BCUT2D eigenvalue weighted by molar-refractivity contribution is 0.0988. The summed E-state index contributed by atoms with van der Waals surface area (Å²) in [6, 6.07) is 17.2. The van der Waals surface area contributed by atoms with E-state index in [1.807, 2.05) is 73.6 Å². The average Bonchev–Trinajstić information content (AvgIpc) is 3.57. The van der Waals surface area contributed by atoms with Crippen LogP contribution in [0.3, 0.4) is 0 Å². The molecule has 0 saturated heterocycles. The first kappa shape index (κ1) is 23.8. The van der Waals surface area contributed by atoms with Crippen LogP contribution < -0.4 is 9.64 Å². The van der Waals surface area contributed by atoms with E-state index in [0.29, 0.717) is 12.3 Å². The maximum atomic E-state index is 13.8. The summed E-state index contributed by atoms with van der Waals surface area (Å²) in [7, 11) is 4.03. The standard InChI is InChI=1S/C28H31N5O3/c1-28(2,3)26-23-24(29-30-26)27(34)33(19-12-10-18(11-13-19)21-14-16-36-31-21)25(23)20-8-6-7-9-22(20)35-17-15-32(4)5/h6-14,16,25H,15,17H2,1-5H3,(H,29,30). The van der Waals surface area contributed by atoms with E-state index in [-0.39, 0.29) is 17.4 Å². The Hall–Kier alpha value is -3.91. The third-order valence-electron chi connectivity index (χ3n) is 6.37. The second-order valence-electron chi connectivity index (χ2n) is 10.3. The summed E-state index contributed by atoms with van der Waals surface area (Å²) in [4.78, 5) is 17.7. The molecule has 5 rings (SSSR count). The van der Waals surface area contributed by atoms with Gasteiger partial charge in [-0.2, -0.15) is 5.10 Å². The lowest BCUT2D eigenvalue weighted by Crippen LogP contribution is -2.30. The van der Waals surface area contributed by atoms with Crippen molar-refractivity contribution in [1.82, 2.24) is 20.3 Å². The molecule has 2 aromatic heterocycles. The number of amides is 1. The molecule has 2 aromatic carbocycles. The lowest BCUT2D eigenvalue weighted by atomic mass is 9.85. The second-order valence-corrected chi connectivity index (χ2v) is 10.3. The summed E-state index contributed by atoms with van der Waals surface area (Å²) < 4.78 is 11.2. The number of carbonyl (C=O) groups is 1. The Kier molecular flexibility index (Phi) is 6.14. The highest BCUT2D eigenvalue weighted by Gasteiger charge is 2.45. The summed E-state index contributed by atoms with van der Waals surface area (Å²) in [5, 5.41) is 11.6. The fourth-order valence-corrected chi connectivity index (χ4v) is 4.61. The minimum absolute atomic E-state index is 0.115. The molecule has 0 aliphatic carbocycles. The number of fused-ring (bicyclic) bond motifs is 1. The van der Waals surface area contributed by atoms with E-state index in [2.05, 4.69) is 41.0 Å². The monoisotopic (exact) mass is 485 g/mol. The van der Waals surface area contributed by atoms with Gasteiger partial charge in [-0.3, -0.25) is 14.8 Å². The molecule has 0 fully saturated rings. The van der Waals surface area contributed by atoms with Gasteiger partial charge in [0.05, 0.1) is 11.7 Å². The minimum Gasteiger partial charge on any atom is -0.492 e. The van der Waals surface area contributed by atoms with Gasteiger partial charge in [0, 0.05) is 40.4 Å². The molecule has 3 heterocycles. The molecule has 1 unspecified atom stereocenters. The van der Waals surface area contributed by atoms with Crippen LogP contribution in [0.5, 0.6) is 5.75 Å². The predicted molar refractivity (Wildman–Crippen MR) is 138 cm³/mol. The Balaban J connectivity index is 1.61. The van der Waals surface area contributed by atoms with Crippen molar-refractivity contribution in [2.75, 3.05) is 32.1 Å². The first-order valence-corrected chi connectivity index (χ1v) is 12.1. The van der Waals surface area contributed by atoms with Crippen LogP contribution in [0.2, 0.25) is 0 Å². The third kappa shape index (κ3) is 4.28. The number of aromatic amines is 1. The normalized spacial score (nSPS) is 15.6. The lowest BCUT2D eigenvalue weighted by Gasteiger charge is -2.29. The maximum Gasteiger partial charge on any atom is 0.277 e. The van der Waals surface area contributed by atoms with Gasteiger partial charge in [0.25, 0.3) is 5.91 Å². The molecule has 0 spiro atoms. The fraction of sp³-hybridized carbons (Fsp3) is 0.321. The number of hydrogen-bond donors (Lipinski definition) is 1. The van der Waals surface area contributed by atoms with Crippen molar-refractivity contribution in [3.63, 3.8) is 0 Å². The van der Waals surface area contributed by atoms with E-state index in [0.717, 1.165) is 46.1 Å². The molecule has 1 atom stereocenters. The number of aromatic nitrogens is 3. The summed E-state index contributed by atoms with van der Waals surface area (Å²) in [5.41, 5.74) is 5.41. The van der Waals surface area contributed by atoms with Crippen LogP contribution in [0.15, 0.2) is 65.4 Å². The fourth-order valence-electron chi connectivity index (χ4n) is 4.61. The van der Waals surface area contributed by atoms with E-state index < -0.39 is 0 Å². The average molecular weight is 486 g/mol. The Bertz CT molecular complexity index is 1350. The molecular weight excluding hydrogens is 454 g/mol. The number of benzene rings is 2. The molecule has 8 heteroatoms. The number of anilines is 1. The molecule has 8 nitrogen and oxygen atoms in total. The number of H-pyrrole nitrogens is 1. The number of rotatable bonds is 7. The number of ether oxygens (including phenoxy) is 1. The van der Waals surface area contributed by atoms with Crippen molar-refractivity contribution in [3.05, 3.63) is 83.4 Å². The van der Waals surface area contributed by atoms with Gasteiger partial charge >= 0.3 is 0 Å². The van der Waals surface area contributed by atoms with Gasteiger partial charge in [0.15, 0.2) is 0 Å². The summed E-state index contributed by atoms with van der Waals surface area (Å²) >= 11 is 0. The highest BCUT2D eigenvalue weighted by molar-refractivity contribution is 6.11. The van der Waals surface area contributed by atoms with Crippen LogP contribution >= 0.6 is 0 Å². The summed E-state index contributed by atoms with van der Waals surface area (Å²) in [6.45, 7) is 7.66. The number of carbonyl (C=O) groups excluding carboxylic acids is 1. The van der Waals surface area contributed by atoms with Crippen LogP contribution in [0.4, 0.5) is 5.69 Å². The topological polar surface area (TPSA) is 87.5 Å². The molecule has 36 heavy (non-hydrogen) atoms. The van der Waals surface area contributed by atoms with Gasteiger partial charge in [-0.15, -0.1) is 0 Å². The highest BCUT2D eigenvalue weighted by atomic mass is 16.5. The zero-order chi connectivity index (χ0) is 25.4. The largest absolute Gasteiger partial charge is 0.492 e. The SMILES string of the molecule is CN(C)CCOc1ccccc1C1c2c(C(C)(C)C)n[nH]c2C(=O)N1c1ccc(-c2ccon2)cc1. The van der Waals surface area contributed by atoms with Crippen molar-refractivity contribution in [2.45, 2.75) is 32.2 Å². The number of nitrogens with zero attached hydrogens (tertiary/aromatic N) is 4. The third-order valence-corrected chi connectivity index (χ3v) is 6.37. The molecular formula is C28H31N5O3. The van der Waals surface area contributed by atoms with E-state index in [4.69, 9.17) is 9.26 Å². The first-order valence-electron chi connectivity index (χ1n) is 12.1. The van der Waals surface area contributed by atoms with E-state index in [9.17, 15) is 4.79 Å². The molecule has 0 saturated carbocycles. The van der Waals surface area contributed by atoms with Crippen LogP contribution in [0, 0.1) is 0 Å². The number of likely N-dealkylation sites (N-methyl/N-ethyl adjacent to an activating group) is 1. The molecule has 1 N–H and O–H groups in total. The number of para-hydroxylation sites is 1. The van der Waals surface area contributed by atoms with Crippen LogP contribution in [0.1, 0.15) is 54.1 Å². The van der Waals surface area contributed by atoms with Crippen molar-refractivity contribution in [3.8, 4) is 17.0 Å². The molecule has 0 radical (unpaired) electrons. The Labute approximate surface area is 210 Å². The van der Waals surface area contributed by atoms with Crippen molar-refractivity contribution >= 4 is 11.6 Å². The number of hydrogen-bond acceptors (Lipinski definition) is 6. The van der Waals surface area contributed by atoms with Crippen molar-refractivity contribution in [1.29, 1.82) is 0 Å². The van der Waals surface area contributed by atoms with E-state index in [1.165, 1.54) is 0 Å². The first-order chi connectivity index (χ1) is 17.3. The summed E-state index contributed by atoms with van der Waals surface area (Å²) in [6.07, 6.45) is 1.55. The zero-order valence-electron chi connectivity index (χ0n) is 21.3. The minimum atomic E-state index is -0.381. The Morgan fingerprint density at radius 3 is 2.50 bits per heavy atom. The van der Waals surface area contributed by atoms with Crippen LogP contribution in [-0.2, 0) is 5.41 Å². The van der Waals surface area contributed by atoms with E-state index >= 15 is 0 Å². The van der Waals surface area contributed by atoms with Gasteiger partial charge < -0.3 is 14.2 Å². The predicted octanol–water partition coefficient (Wildman–Crippen LogP) is 5.05. The Morgan fingerprint density at radius 1 is 1.08 bits per heavy atom. The quantitative estimate of drug-likeness (QED) is 0.394. The van der Waals surface area contributed by atoms with Crippen LogP contribution in [0.25, 0.3) is 11.3 Å². The maximum absolute atomic E-state index is 13.8.